The predicted molar refractivity (Wildman–Crippen MR) is 60.4 cm³/mol. The highest BCUT2D eigenvalue weighted by atomic mass is 35.5. The Balaban J connectivity index is 2.36. The summed E-state index contributed by atoms with van der Waals surface area (Å²) in [6.07, 6.45) is 1.05. The van der Waals surface area contributed by atoms with Crippen LogP contribution in [0.15, 0.2) is 0 Å². The molecule has 2 heterocycles. The molecular formula is C11H17ClN2O. The lowest BCUT2D eigenvalue weighted by Gasteiger charge is -2.11. The van der Waals surface area contributed by atoms with Crippen molar-refractivity contribution in [3.8, 4) is 0 Å². The lowest BCUT2D eigenvalue weighted by Crippen LogP contribution is -2.12. The van der Waals surface area contributed by atoms with Gasteiger partial charge in [0.05, 0.1) is 23.7 Å². The largest absolute Gasteiger partial charge is 0.379 e. The molecule has 2 atom stereocenters. The van der Waals surface area contributed by atoms with Crippen LogP contribution < -0.4 is 0 Å². The van der Waals surface area contributed by atoms with Gasteiger partial charge in [0.25, 0.3) is 0 Å². The van der Waals surface area contributed by atoms with Gasteiger partial charge in [-0.3, -0.25) is 4.68 Å². The lowest BCUT2D eigenvalue weighted by atomic mass is 10.1. The molecule has 0 saturated carbocycles. The van der Waals surface area contributed by atoms with E-state index in [9.17, 15) is 0 Å². The molecular weight excluding hydrogens is 212 g/mol. The van der Waals surface area contributed by atoms with E-state index in [0.717, 1.165) is 25.3 Å². The zero-order valence-corrected chi connectivity index (χ0v) is 10.2. The van der Waals surface area contributed by atoms with Crippen LogP contribution in [0.1, 0.15) is 41.7 Å². The highest BCUT2D eigenvalue weighted by Crippen LogP contribution is 2.29. The van der Waals surface area contributed by atoms with Crippen LogP contribution in [0.4, 0.5) is 0 Å². The molecule has 0 aliphatic carbocycles. The summed E-state index contributed by atoms with van der Waals surface area (Å²) >= 11 is 6.15. The standard InChI is InChI=1S/C11H17ClN2O/c1-7(12)11-8(2)13-14(9(11)3)10-4-5-15-6-10/h7,10H,4-6H2,1-3H3. The van der Waals surface area contributed by atoms with Crippen molar-refractivity contribution < 1.29 is 4.74 Å². The van der Waals surface area contributed by atoms with Gasteiger partial charge in [-0.25, -0.2) is 0 Å². The van der Waals surface area contributed by atoms with Crippen molar-refractivity contribution in [2.24, 2.45) is 0 Å². The Morgan fingerprint density at radius 2 is 2.27 bits per heavy atom. The van der Waals surface area contributed by atoms with Gasteiger partial charge >= 0.3 is 0 Å². The fourth-order valence-corrected chi connectivity index (χ4v) is 2.64. The Morgan fingerprint density at radius 3 is 2.73 bits per heavy atom. The molecule has 4 heteroatoms. The van der Waals surface area contributed by atoms with Crippen LogP contribution in [0.25, 0.3) is 0 Å². The van der Waals surface area contributed by atoms with Crippen LogP contribution in [-0.2, 0) is 4.74 Å². The molecule has 2 rings (SSSR count). The molecule has 0 radical (unpaired) electrons. The van der Waals surface area contributed by atoms with E-state index in [2.05, 4.69) is 16.7 Å². The number of rotatable bonds is 2. The van der Waals surface area contributed by atoms with Crippen LogP contribution in [0.3, 0.4) is 0 Å². The van der Waals surface area contributed by atoms with Crippen molar-refractivity contribution in [1.82, 2.24) is 9.78 Å². The number of aromatic nitrogens is 2. The lowest BCUT2D eigenvalue weighted by molar-refractivity contribution is 0.184. The summed E-state index contributed by atoms with van der Waals surface area (Å²) in [6.45, 7) is 7.72. The van der Waals surface area contributed by atoms with E-state index in [1.165, 1.54) is 11.3 Å². The summed E-state index contributed by atoms with van der Waals surface area (Å²) in [4.78, 5) is 0. The van der Waals surface area contributed by atoms with Gasteiger partial charge < -0.3 is 4.74 Å². The van der Waals surface area contributed by atoms with Gasteiger partial charge in [-0.15, -0.1) is 11.6 Å². The molecule has 1 fully saturated rings. The molecule has 3 nitrogen and oxygen atoms in total. The maximum absolute atomic E-state index is 6.15. The highest BCUT2D eigenvalue weighted by molar-refractivity contribution is 6.20. The Bertz CT molecular complexity index is 354. The Kier molecular flexibility index (Phi) is 3.03. The molecule has 1 aromatic rings. The van der Waals surface area contributed by atoms with E-state index in [1.54, 1.807) is 0 Å². The molecule has 1 saturated heterocycles. The summed E-state index contributed by atoms with van der Waals surface area (Å²) in [5, 5.41) is 4.59. The first-order valence-corrected chi connectivity index (χ1v) is 5.82. The average molecular weight is 229 g/mol. The maximum atomic E-state index is 6.15. The number of alkyl halides is 1. The third kappa shape index (κ3) is 1.91. The van der Waals surface area contributed by atoms with Gasteiger partial charge in [0.2, 0.25) is 0 Å². The Morgan fingerprint density at radius 1 is 1.53 bits per heavy atom. The summed E-state index contributed by atoms with van der Waals surface area (Å²) in [7, 11) is 0. The second kappa shape index (κ2) is 4.14. The van der Waals surface area contributed by atoms with Gasteiger partial charge in [-0.05, 0) is 27.2 Å². The van der Waals surface area contributed by atoms with Crippen molar-refractivity contribution in [1.29, 1.82) is 0 Å². The second-order valence-electron chi connectivity index (χ2n) is 4.16. The van der Waals surface area contributed by atoms with Crippen LogP contribution in [0, 0.1) is 13.8 Å². The molecule has 1 aliphatic heterocycles. The minimum atomic E-state index is 0.0288. The number of ether oxygens (including phenoxy) is 1. The third-order valence-corrected chi connectivity index (χ3v) is 3.25. The Labute approximate surface area is 95.4 Å². The van der Waals surface area contributed by atoms with E-state index >= 15 is 0 Å². The molecule has 15 heavy (non-hydrogen) atoms. The average Bonchev–Trinajstić information content (AvgIpc) is 2.72. The third-order valence-electron chi connectivity index (χ3n) is 3.03. The summed E-state index contributed by atoms with van der Waals surface area (Å²) in [5.74, 6) is 0. The summed E-state index contributed by atoms with van der Waals surface area (Å²) < 4.78 is 7.46. The van der Waals surface area contributed by atoms with Crippen molar-refractivity contribution >= 4 is 11.6 Å². The predicted octanol–water partition coefficient (Wildman–Crippen LogP) is 2.76. The molecule has 1 aliphatic rings. The molecule has 0 bridgehead atoms. The first-order chi connectivity index (χ1) is 7.11. The van der Waals surface area contributed by atoms with E-state index in [4.69, 9.17) is 16.3 Å². The van der Waals surface area contributed by atoms with Crippen molar-refractivity contribution in [2.75, 3.05) is 13.2 Å². The minimum absolute atomic E-state index is 0.0288. The number of hydrogen-bond donors (Lipinski definition) is 0. The van der Waals surface area contributed by atoms with Crippen LogP contribution >= 0.6 is 11.6 Å². The SMILES string of the molecule is Cc1nn(C2CCOC2)c(C)c1C(C)Cl. The fourth-order valence-electron chi connectivity index (χ4n) is 2.32. The first kappa shape index (κ1) is 11.0. The zero-order valence-electron chi connectivity index (χ0n) is 9.46. The fraction of sp³-hybridized carbons (Fsp3) is 0.727. The van der Waals surface area contributed by atoms with Crippen LogP contribution in [0.5, 0.6) is 0 Å². The van der Waals surface area contributed by atoms with E-state index in [1.807, 2.05) is 13.8 Å². The molecule has 2 unspecified atom stereocenters. The molecule has 0 aromatic carbocycles. The molecule has 0 amide bonds. The summed E-state index contributed by atoms with van der Waals surface area (Å²) in [5.41, 5.74) is 3.40. The number of halogens is 1. The van der Waals surface area contributed by atoms with Crippen molar-refractivity contribution in [2.45, 2.75) is 38.6 Å². The molecule has 1 aromatic heterocycles. The molecule has 0 spiro atoms. The summed E-state index contributed by atoms with van der Waals surface area (Å²) in [6, 6.07) is 0.396. The normalized spacial score (nSPS) is 23.3. The van der Waals surface area contributed by atoms with E-state index in [-0.39, 0.29) is 5.38 Å². The van der Waals surface area contributed by atoms with Gasteiger partial charge in [0.15, 0.2) is 0 Å². The van der Waals surface area contributed by atoms with Gasteiger partial charge in [-0.1, -0.05) is 0 Å². The van der Waals surface area contributed by atoms with Gasteiger partial charge in [-0.2, -0.15) is 5.10 Å². The molecule has 84 valence electrons. The number of hydrogen-bond acceptors (Lipinski definition) is 2. The van der Waals surface area contributed by atoms with Crippen molar-refractivity contribution in [3.05, 3.63) is 17.0 Å². The van der Waals surface area contributed by atoms with Gasteiger partial charge in [0, 0.05) is 17.9 Å². The van der Waals surface area contributed by atoms with E-state index in [0.29, 0.717) is 6.04 Å². The van der Waals surface area contributed by atoms with Crippen LogP contribution in [0.2, 0.25) is 0 Å². The van der Waals surface area contributed by atoms with Gasteiger partial charge in [0.1, 0.15) is 0 Å². The second-order valence-corrected chi connectivity index (χ2v) is 4.82. The first-order valence-electron chi connectivity index (χ1n) is 5.38. The topological polar surface area (TPSA) is 27.1 Å². The highest BCUT2D eigenvalue weighted by Gasteiger charge is 2.23. The monoisotopic (exact) mass is 228 g/mol. The zero-order chi connectivity index (χ0) is 11.0. The number of aryl methyl sites for hydroxylation is 1. The minimum Gasteiger partial charge on any atom is -0.379 e. The van der Waals surface area contributed by atoms with Crippen LogP contribution in [-0.4, -0.2) is 23.0 Å². The number of nitrogens with zero attached hydrogens (tertiary/aromatic N) is 2. The smallest absolute Gasteiger partial charge is 0.0777 e. The molecule has 0 N–H and O–H groups in total. The maximum Gasteiger partial charge on any atom is 0.0777 e. The quantitative estimate of drug-likeness (QED) is 0.728. The van der Waals surface area contributed by atoms with Crippen molar-refractivity contribution in [3.63, 3.8) is 0 Å². The Hall–Kier alpha value is -0.540. The van der Waals surface area contributed by atoms with E-state index < -0.39 is 0 Å².